The molecule has 0 atom stereocenters. The molecule has 1 heterocycles. The van der Waals surface area contributed by atoms with Gasteiger partial charge in [-0.3, -0.25) is 4.79 Å². The van der Waals surface area contributed by atoms with Gasteiger partial charge in [-0.1, -0.05) is 12.1 Å². The van der Waals surface area contributed by atoms with Gasteiger partial charge in [-0.2, -0.15) is 5.10 Å². The smallest absolute Gasteiger partial charge is 0.356 e. The minimum absolute atomic E-state index is 0.00692. The predicted molar refractivity (Wildman–Crippen MR) is 90.5 cm³/mol. The number of carbonyl (C=O) groups excluding carboxylic acids is 1. The number of carbonyl (C=O) groups is 2. The maximum absolute atomic E-state index is 12.4. The summed E-state index contributed by atoms with van der Waals surface area (Å²) in [7, 11) is 1.64. The van der Waals surface area contributed by atoms with E-state index in [1.54, 1.807) is 13.3 Å². The molecule has 0 radical (unpaired) electrons. The Morgan fingerprint density at radius 2 is 2.16 bits per heavy atom. The minimum Gasteiger partial charge on any atom is -0.476 e. The standard InChI is InChI=1S/C18H21N3O4/c1-25-10-8-18(6-7-18)17(24)19-12-13-3-2-4-14(11-13)21-9-5-15(20-21)16(22)23/h2-5,9,11H,6-8,10,12H2,1H3,(H,19,24)(H,22,23). The maximum Gasteiger partial charge on any atom is 0.356 e. The fourth-order valence-corrected chi connectivity index (χ4v) is 2.80. The second kappa shape index (κ2) is 7.06. The summed E-state index contributed by atoms with van der Waals surface area (Å²) in [6.07, 6.45) is 4.17. The van der Waals surface area contributed by atoms with Gasteiger partial charge in [0.15, 0.2) is 5.69 Å². The Kier molecular flexibility index (Phi) is 4.85. The molecule has 0 bridgehead atoms. The molecule has 1 saturated carbocycles. The second-order valence-corrected chi connectivity index (χ2v) is 6.33. The number of methoxy groups -OCH3 is 1. The van der Waals surface area contributed by atoms with Crippen molar-refractivity contribution < 1.29 is 19.4 Å². The number of hydrogen-bond acceptors (Lipinski definition) is 4. The van der Waals surface area contributed by atoms with Gasteiger partial charge in [-0.25, -0.2) is 9.48 Å². The van der Waals surface area contributed by atoms with Crippen molar-refractivity contribution in [2.75, 3.05) is 13.7 Å². The molecule has 1 aliphatic rings. The third-order valence-corrected chi connectivity index (χ3v) is 4.56. The van der Waals surface area contributed by atoms with Crippen LogP contribution in [0.15, 0.2) is 36.5 Å². The quantitative estimate of drug-likeness (QED) is 0.765. The van der Waals surface area contributed by atoms with E-state index in [2.05, 4.69) is 10.4 Å². The van der Waals surface area contributed by atoms with Crippen LogP contribution >= 0.6 is 0 Å². The molecule has 0 aliphatic heterocycles. The van der Waals surface area contributed by atoms with Crippen LogP contribution in [0.1, 0.15) is 35.3 Å². The van der Waals surface area contributed by atoms with Gasteiger partial charge in [-0.05, 0) is 43.0 Å². The van der Waals surface area contributed by atoms with Gasteiger partial charge in [0, 0.05) is 26.5 Å². The number of aromatic nitrogens is 2. The van der Waals surface area contributed by atoms with E-state index in [1.807, 2.05) is 24.3 Å². The van der Waals surface area contributed by atoms with Crippen molar-refractivity contribution in [1.29, 1.82) is 0 Å². The van der Waals surface area contributed by atoms with Crippen LogP contribution in [-0.2, 0) is 16.1 Å². The highest BCUT2D eigenvalue weighted by molar-refractivity contribution is 5.85. The lowest BCUT2D eigenvalue weighted by Gasteiger charge is -2.15. The molecule has 2 aromatic rings. The molecule has 0 spiro atoms. The molecule has 3 rings (SSSR count). The lowest BCUT2D eigenvalue weighted by atomic mass is 10.0. The molecular weight excluding hydrogens is 322 g/mol. The average Bonchev–Trinajstić information content (AvgIpc) is 3.24. The highest BCUT2D eigenvalue weighted by Crippen LogP contribution is 2.49. The zero-order valence-electron chi connectivity index (χ0n) is 14.1. The van der Waals surface area contributed by atoms with E-state index in [4.69, 9.17) is 9.84 Å². The SMILES string of the molecule is COCCC1(C(=O)NCc2cccc(-n3ccc(C(=O)O)n3)c2)CC1. The van der Waals surface area contributed by atoms with E-state index in [0.717, 1.165) is 30.5 Å². The van der Waals surface area contributed by atoms with Gasteiger partial charge in [0.2, 0.25) is 5.91 Å². The van der Waals surface area contributed by atoms with Crippen LogP contribution in [0.25, 0.3) is 5.69 Å². The van der Waals surface area contributed by atoms with E-state index < -0.39 is 5.97 Å². The summed E-state index contributed by atoms with van der Waals surface area (Å²) in [5, 5.41) is 16.0. The zero-order valence-corrected chi connectivity index (χ0v) is 14.1. The van der Waals surface area contributed by atoms with E-state index in [9.17, 15) is 9.59 Å². The predicted octanol–water partition coefficient (Wildman–Crippen LogP) is 2.00. The first-order valence-corrected chi connectivity index (χ1v) is 8.20. The first-order valence-electron chi connectivity index (χ1n) is 8.20. The number of carboxylic acid groups (broad SMARTS) is 1. The van der Waals surface area contributed by atoms with Crippen molar-refractivity contribution in [3.63, 3.8) is 0 Å². The number of nitrogens with one attached hydrogen (secondary N) is 1. The van der Waals surface area contributed by atoms with Crippen molar-refractivity contribution in [2.45, 2.75) is 25.8 Å². The third-order valence-electron chi connectivity index (χ3n) is 4.56. The summed E-state index contributed by atoms with van der Waals surface area (Å²) in [5.41, 5.74) is 1.42. The monoisotopic (exact) mass is 343 g/mol. The van der Waals surface area contributed by atoms with Crippen molar-refractivity contribution in [3.8, 4) is 5.69 Å². The summed E-state index contributed by atoms with van der Waals surface area (Å²) in [6, 6.07) is 8.94. The van der Waals surface area contributed by atoms with Gasteiger partial charge in [0.25, 0.3) is 0 Å². The molecule has 1 aromatic carbocycles. The molecular formula is C18H21N3O4. The van der Waals surface area contributed by atoms with E-state index in [1.165, 1.54) is 10.7 Å². The summed E-state index contributed by atoms with van der Waals surface area (Å²) in [4.78, 5) is 23.3. The van der Waals surface area contributed by atoms with Crippen molar-refractivity contribution in [3.05, 3.63) is 47.8 Å². The lowest BCUT2D eigenvalue weighted by molar-refractivity contribution is -0.127. The molecule has 1 aromatic heterocycles. The van der Waals surface area contributed by atoms with Crippen molar-refractivity contribution in [1.82, 2.24) is 15.1 Å². The van der Waals surface area contributed by atoms with E-state index in [0.29, 0.717) is 13.2 Å². The van der Waals surface area contributed by atoms with Crippen LogP contribution in [0.4, 0.5) is 0 Å². The summed E-state index contributed by atoms with van der Waals surface area (Å²) >= 11 is 0. The van der Waals surface area contributed by atoms with E-state index in [-0.39, 0.29) is 17.0 Å². The Bertz CT molecular complexity index is 780. The van der Waals surface area contributed by atoms with Gasteiger partial charge >= 0.3 is 5.97 Å². The third kappa shape index (κ3) is 3.88. The molecule has 7 nitrogen and oxygen atoms in total. The molecule has 7 heteroatoms. The van der Waals surface area contributed by atoms with Crippen LogP contribution < -0.4 is 5.32 Å². The molecule has 132 valence electrons. The number of ether oxygens (including phenoxy) is 1. The maximum atomic E-state index is 12.4. The first-order chi connectivity index (χ1) is 12.0. The van der Waals surface area contributed by atoms with Crippen molar-refractivity contribution in [2.24, 2.45) is 5.41 Å². The fraction of sp³-hybridized carbons (Fsp3) is 0.389. The van der Waals surface area contributed by atoms with Gasteiger partial charge in [0.1, 0.15) is 0 Å². The Labute approximate surface area is 145 Å². The van der Waals surface area contributed by atoms with Gasteiger partial charge in [0.05, 0.1) is 11.1 Å². The molecule has 0 saturated heterocycles. The second-order valence-electron chi connectivity index (χ2n) is 6.33. The Morgan fingerprint density at radius 3 is 2.80 bits per heavy atom. The van der Waals surface area contributed by atoms with Crippen LogP contribution in [0.5, 0.6) is 0 Å². The first kappa shape index (κ1) is 17.2. The molecule has 2 N–H and O–H groups in total. The summed E-state index contributed by atoms with van der Waals surface area (Å²) in [5.74, 6) is -0.991. The van der Waals surface area contributed by atoms with Gasteiger partial charge in [-0.15, -0.1) is 0 Å². The lowest BCUT2D eigenvalue weighted by Crippen LogP contribution is -2.32. The van der Waals surface area contributed by atoms with Crippen LogP contribution in [0.3, 0.4) is 0 Å². The number of amides is 1. The number of nitrogens with zero attached hydrogens (tertiary/aromatic N) is 2. The van der Waals surface area contributed by atoms with Gasteiger partial charge < -0.3 is 15.2 Å². The number of carboxylic acids is 1. The normalized spacial score (nSPS) is 14.9. The van der Waals surface area contributed by atoms with Crippen LogP contribution in [-0.4, -0.2) is 40.5 Å². The highest BCUT2D eigenvalue weighted by Gasteiger charge is 2.48. The number of aromatic carboxylic acids is 1. The largest absolute Gasteiger partial charge is 0.476 e. The fourth-order valence-electron chi connectivity index (χ4n) is 2.80. The minimum atomic E-state index is -1.06. The molecule has 1 amide bonds. The van der Waals surface area contributed by atoms with Crippen LogP contribution in [0, 0.1) is 5.41 Å². The summed E-state index contributed by atoms with van der Waals surface area (Å²) in [6.45, 7) is 1.02. The molecule has 0 unspecified atom stereocenters. The number of rotatable bonds is 8. The van der Waals surface area contributed by atoms with Crippen LogP contribution in [0.2, 0.25) is 0 Å². The van der Waals surface area contributed by atoms with Crippen molar-refractivity contribution >= 4 is 11.9 Å². The molecule has 1 aliphatic carbocycles. The number of benzene rings is 1. The highest BCUT2D eigenvalue weighted by atomic mass is 16.5. The Hall–Kier alpha value is -2.67. The Balaban J connectivity index is 1.64. The van der Waals surface area contributed by atoms with E-state index >= 15 is 0 Å². The topological polar surface area (TPSA) is 93.5 Å². The molecule has 1 fully saturated rings. The zero-order chi connectivity index (χ0) is 17.9. The molecule has 25 heavy (non-hydrogen) atoms. The Morgan fingerprint density at radius 1 is 1.36 bits per heavy atom. The number of hydrogen-bond donors (Lipinski definition) is 2. The summed E-state index contributed by atoms with van der Waals surface area (Å²) < 4.78 is 6.59. The average molecular weight is 343 g/mol.